The highest BCUT2D eigenvalue weighted by Crippen LogP contribution is 2.56. The van der Waals surface area contributed by atoms with Crippen LogP contribution in [0.15, 0.2) is 17.8 Å². The van der Waals surface area contributed by atoms with Crippen LogP contribution in [0.1, 0.15) is 19.5 Å². The SMILES string of the molecule is CCOP(=O)(OCC)/C(C#N)=C\c1cn(C)cn1. The van der Waals surface area contributed by atoms with Crippen molar-refractivity contribution in [2.75, 3.05) is 13.2 Å². The predicted octanol–water partition coefficient (Wildman–Crippen LogP) is 2.55. The summed E-state index contributed by atoms with van der Waals surface area (Å²) >= 11 is 0. The van der Waals surface area contributed by atoms with E-state index in [2.05, 4.69) is 4.98 Å². The van der Waals surface area contributed by atoms with E-state index >= 15 is 0 Å². The molecule has 6 nitrogen and oxygen atoms in total. The minimum atomic E-state index is -3.53. The van der Waals surface area contributed by atoms with E-state index in [1.165, 1.54) is 6.08 Å². The summed E-state index contributed by atoms with van der Waals surface area (Å²) in [7, 11) is -1.73. The number of aryl methyl sites for hydroxylation is 1. The van der Waals surface area contributed by atoms with Gasteiger partial charge in [-0.2, -0.15) is 5.26 Å². The van der Waals surface area contributed by atoms with Crippen LogP contribution in [0.3, 0.4) is 0 Å². The Kier molecular flexibility index (Phi) is 5.29. The van der Waals surface area contributed by atoms with Gasteiger partial charge in [0.15, 0.2) is 0 Å². The molecule has 0 spiro atoms. The first-order valence-electron chi connectivity index (χ1n) is 5.55. The van der Waals surface area contributed by atoms with Crippen molar-refractivity contribution in [2.24, 2.45) is 7.05 Å². The molecule has 0 N–H and O–H groups in total. The Balaban J connectivity index is 3.11. The summed E-state index contributed by atoms with van der Waals surface area (Å²) in [4.78, 5) is 4.04. The zero-order valence-corrected chi connectivity index (χ0v) is 11.6. The molecule has 98 valence electrons. The molecule has 0 aliphatic heterocycles. The first-order valence-corrected chi connectivity index (χ1v) is 7.09. The molecular formula is C11H16N3O3P. The average molecular weight is 269 g/mol. The lowest BCUT2D eigenvalue weighted by atomic mass is 10.4. The molecule has 1 aromatic heterocycles. The fourth-order valence-electron chi connectivity index (χ4n) is 1.34. The van der Waals surface area contributed by atoms with Gasteiger partial charge in [0.25, 0.3) is 0 Å². The van der Waals surface area contributed by atoms with Crippen molar-refractivity contribution < 1.29 is 13.6 Å². The van der Waals surface area contributed by atoms with Crippen molar-refractivity contribution in [3.05, 3.63) is 23.5 Å². The van der Waals surface area contributed by atoms with Crippen molar-refractivity contribution in [2.45, 2.75) is 13.8 Å². The summed E-state index contributed by atoms with van der Waals surface area (Å²) in [6.07, 6.45) is 4.72. The Morgan fingerprint density at radius 3 is 2.56 bits per heavy atom. The lowest BCUT2D eigenvalue weighted by Gasteiger charge is -2.15. The minimum absolute atomic E-state index is 0.0371. The third-order valence-electron chi connectivity index (χ3n) is 2.02. The summed E-state index contributed by atoms with van der Waals surface area (Å²) in [5, 5.41) is 9.06. The van der Waals surface area contributed by atoms with E-state index in [0.29, 0.717) is 5.69 Å². The molecule has 0 atom stereocenters. The smallest absolute Gasteiger partial charge is 0.340 e. The Hall–Kier alpha value is -1.41. The monoisotopic (exact) mass is 269 g/mol. The third-order valence-corrected chi connectivity index (χ3v) is 4.03. The maximum Gasteiger partial charge on any atom is 0.371 e. The first kappa shape index (κ1) is 14.7. The molecule has 0 fully saturated rings. The molecular weight excluding hydrogens is 253 g/mol. The molecule has 1 heterocycles. The Morgan fingerprint density at radius 1 is 1.56 bits per heavy atom. The van der Waals surface area contributed by atoms with Crippen LogP contribution in [0.25, 0.3) is 6.08 Å². The van der Waals surface area contributed by atoms with Crippen LogP contribution < -0.4 is 0 Å². The Labute approximate surface area is 106 Å². The zero-order valence-electron chi connectivity index (χ0n) is 10.7. The van der Waals surface area contributed by atoms with Gasteiger partial charge in [-0.05, 0) is 19.9 Å². The van der Waals surface area contributed by atoms with Crippen molar-refractivity contribution in [3.63, 3.8) is 0 Å². The lowest BCUT2D eigenvalue weighted by molar-refractivity contribution is 0.227. The minimum Gasteiger partial charge on any atom is -0.340 e. The van der Waals surface area contributed by atoms with Gasteiger partial charge in [0.1, 0.15) is 11.4 Å². The molecule has 0 bridgehead atoms. The van der Waals surface area contributed by atoms with Crippen LogP contribution in [0.2, 0.25) is 0 Å². The van der Waals surface area contributed by atoms with Gasteiger partial charge in [-0.15, -0.1) is 0 Å². The highest BCUT2D eigenvalue weighted by molar-refractivity contribution is 7.59. The molecule has 0 aliphatic rings. The van der Waals surface area contributed by atoms with E-state index < -0.39 is 7.60 Å². The summed E-state index contributed by atoms with van der Waals surface area (Å²) in [6.45, 7) is 3.81. The number of hydrogen-bond donors (Lipinski definition) is 0. The van der Waals surface area contributed by atoms with Gasteiger partial charge in [0.2, 0.25) is 0 Å². The fourth-order valence-corrected chi connectivity index (χ4v) is 2.78. The number of aromatic nitrogens is 2. The van der Waals surface area contributed by atoms with E-state index in [4.69, 9.17) is 14.3 Å². The predicted molar refractivity (Wildman–Crippen MR) is 67.7 cm³/mol. The van der Waals surface area contributed by atoms with Crippen LogP contribution in [0.4, 0.5) is 0 Å². The van der Waals surface area contributed by atoms with Crippen molar-refractivity contribution >= 4 is 13.7 Å². The highest BCUT2D eigenvalue weighted by atomic mass is 31.2. The van der Waals surface area contributed by atoms with E-state index in [0.717, 1.165) is 0 Å². The number of imidazole rings is 1. The Bertz CT molecular complexity index is 506. The average Bonchev–Trinajstić information content (AvgIpc) is 2.72. The molecule has 0 amide bonds. The standard InChI is InChI=1S/C11H16N3O3P/c1-4-16-18(15,17-5-2)11(7-12)6-10-8-14(3)9-13-10/h6,8-9H,4-5H2,1-3H3/b11-6-. The van der Waals surface area contributed by atoms with Crippen LogP contribution in [-0.2, 0) is 20.7 Å². The molecule has 18 heavy (non-hydrogen) atoms. The van der Waals surface area contributed by atoms with Crippen LogP contribution >= 0.6 is 7.60 Å². The second-order valence-electron chi connectivity index (χ2n) is 3.44. The molecule has 1 rings (SSSR count). The van der Waals surface area contributed by atoms with E-state index in [1.807, 2.05) is 6.07 Å². The zero-order chi connectivity index (χ0) is 13.6. The summed E-state index contributed by atoms with van der Waals surface area (Å²) in [5.74, 6) is 0. The van der Waals surface area contributed by atoms with Crippen molar-refractivity contribution in [1.82, 2.24) is 9.55 Å². The normalized spacial score (nSPS) is 12.4. The maximum absolute atomic E-state index is 12.4. The van der Waals surface area contributed by atoms with Gasteiger partial charge >= 0.3 is 7.60 Å². The van der Waals surface area contributed by atoms with Gasteiger partial charge in [0, 0.05) is 13.2 Å². The number of allylic oxidation sites excluding steroid dienone is 1. The first-order chi connectivity index (χ1) is 8.55. The fraction of sp³-hybridized carbons (Fsp3) is 0.455. The van der Waals surface area contributed by atoms with Gasteiger partial charge in [-0.3, -0.25) is 4.57 Å². The summed E-state index contributed by atoms with van der Waals surface area (Å²) in [6, 6.07) is 1.87. The Morgan fingerprint density at radius 2 is 2.17 bits per heavy atom. The van der Waals surface area contributed by atoms with E-state index in [-0.39, 0.29) is 18.5 Å². The molecule has 7 heteroatoms. The molecule has 0 radical (unpaired) electrons. The van der Waals surface area contributed by atoms with Gasteiger partial charge in [-0.25, -0.2) is 4.98 Å². The van der Waals surface area contributed by atoms with E-state index in [1.54, 1.807) is 38.0 Å². The lowest BCUT2D eigenvalue weighted by Crippen LogP contribution is -1.97. The molecule has 0 unspecified atom stereocenters. The molecule has 0 saturated heterocycles. The van der Waals surface area contributed by atoms with Gasteiger partial charge < -0.3 is 13.6 Å². The van der Waals surface area contributed by atoms with Crippen LogP contribution in [0, 0.1) is 11.3 Å². The molecule has 0 saturated carbocycles. The van der Waals surface area contributed by atoms with Gasteiger partial charge in [0.05, 0.1) is 25.2 Å². The second-order valence-corrected chi connectivity index (χ2v) is 5.43. The third kappa shape index (κ3) is 3.54. The number of nitrogens with zero attached hydrogens (tertiary/aromatic N) is 3. The summed E-state index contributed by atoms with van der Waals surface area (Å²) in [5.41, 5.74) is 0.536. The number of hydrogen-bond acceptors (Lipinski definition) is 5. The number of rotatable bonds is 6. The quantitative estimate of drug-likeness (QED) is 0.586. The van der Waals surface area contributed by atoms with Crippen molar-refractivity contribution in [3.8, 4) is 6.07 Å². The van der Waals surface area contributed by atoms with Crippen molar-refractivity contribution in [1.29, 1.82) is 5.26 Å². The van der Waals surface area contributed by atoms with E-state index in [9.17, 15) is 4.57 Å². The van der Waals surface area contributed by atoms with Crippen LogP contribution in [-0.4, -0.2) is 22.8 Å². The topological polar surface area (TPSA) is 77.1 Å². The molecule has 0 aliphatic carbocycles. The largest absolute Gasteiger partial charge is 0.371 e. The maximum atomic E-state index is 12.4. The molecule has 1 aromatic rings. The summed E-state index contributed by atoms with van der Waals surface area (Å²) < 4.78 is 24.3. The molecule has 0 aromatic carbocycles. The highest BCUT2D eigenvalue weighted by Gasteiger charge is 2.30. The second kappa shape index (κ2) is 6.50. The van der Waals surface area contributed by atoms with Crippen LogP contribution in [0.5, 0.6) is 0 Å². The number of nitriles is 1. The van der Waals surface area contributed by atoms with Gasteiger partial charge in [-0.1, -0.05) is 0 Å².